The minimum absolute atomic E-state index is 0.262. The Morgan fingerprint density at radius 1 is 1.45 bits per heavy atom. The molecule has 1 atom stereocenters. The lowest BCUT2D eigenvalue weighted by atomic mass is 10.1. The van der Waals surface area contributed by atoms with Crippen molar-refractivity contribution < 1.29 is 8.42 Å². The lowest BCUT2D eigenvalue weighted by Crippen LogP contribution is -2.29. The molecular formula is C13H15ClN2O2S2. The van der Waals surface area contributed by atoms with Crippen molar-refractivity contribution in [2.75, 3.05) is 7.05 Å². The molecular weight excluding hydrogens is 316 g/mol. The average molecular weight is 331 g/mol. The molecule has 0 aliphatic rings. The molecule has 0 bridgehead atoms. The smallest absolute Gasteiger partial charge is 0.252 e. The van der Waals surface area contributed by atoms with Gasteiger partial charge in [0, 0.05) is 25.5 Å². The van der Waals surface area contributed by atoms with Gasteiger partial charge in [-0.1, -0.05) is 17.7 Å². The Kier molecular flexibility index (Phi) is 4.49. The molecule has 108 valence electrons. The van der Waals surface area contributed by atoms with Crippen LogP contribution >= 0.6 is 22.9 Å². The van der Waals surface area contributed by atoms with Gasteiger partial charge in [-0.3, -0.25) is 4.98 Å². The van der Waals surface area contributed by atoms with Crippen LogP contribution in [0.5, 0.6) is 0 Å². The first-order valence-corrected chi connectivity index (χ1v) is 8.61. The molecule has 2 heterocycles. The van der Waals surface area contributed by atoms with E-state index >= 15 is 0 Å². The molecule has 0 spiro atoms. The van der Waals surface area contributed by atoms with E-state index in [9.17, 15) is 8.42 Å². The number of pyridine rings is 1. The SMILES string of the molecule is Cc1cc(S(=O)(=O)N(C)C(C)c2cccnc2)sc1Cl. The van der Waals surface area contributed by atoms with Crippen LogP contribution in [0.25, 0.3) is 0 Å². The summed E-state index contributed by atoms with van der Waals surface area (Å²) >= 11 is 7.04. The van der Waals surface area contributed by atoms with Crippen molar-refractivity contribution >= 4 is 33.0 Å². The predicted octanol–water partition coefficient (Wildman–Crippen LogP) is 3.49. The summed E-state index contributed by atoms with van der Waals surface area (Å²) in [6, 6.07) is 4.96. The summed E-state index contributed by atoms with van der Waals surface area (Å²) < 4.78 is 27.2. The van der Waals surface area contributed by atoms with E-state index in [4.69, 9.17) is 11.6 Å². The first-order valence-electron chi connectivity index (χ1n) is 5.98. The summed E-state index contributed by atoms with van der Waals surface area (Å²) in [4.78, 5) is 4.02. The van der Waals surface area contributed by atoms with Crippen molar-refractivity contribution in [3.8, 4) is 0 Å². The van der Waals surface area contributed by atoms with Gasteiger partial charge in [-0.15, -0.1) is 11.3 Å². The molecule has 2 aromatic heterocycles. The molecule has 0 saturated carbocycles. The van der Waals surface area contributed by atoms with Gasteiger partial charge >= 0.3 is 0 Å². The molecule has 0 amide bonds. The highest BCUT2D eigenvalue weighted by Crippen LogP contribution is 2.34. The molecule has 20 heavy (non-hydrogen) atoms. The normalized spacial score (nSPS) is 13.7. The summed E-state index contributed by atoms with van der Waals surface area (Å²) in [6.07, 6.45) is 3.33. The topological polar surface area (TPSA) is 50.3 Å². The maximum Gasteiger partial charge on any atom is 0.252 e. The molecule has 0 fully saturated rings. The summed E-state index contributed by atoms with van der Waals surface area (Å²) in [5.41, 5.74) is 1.62. The molecule has 0 aliphatic heterocycles. The summed E-state index contributed by atoms with van der Waals surface area (Å²) in [5.74, 6) is 0. The van der Waals surface area contributed by atoms with Crippen LogP contribution in [0.15, 0.2) is 34.8 Å². The van der Waals surface area contributed by atoms with Crippen molar-refractivity contribution in [3.05, 3.63) is 46.1 Å². The second-order valence-corrected chi connectivity index (χ2v) is 8.38. The fourth-order valence-corrected chi connectivity index (χ4v) is 4.99. The number of rotatable bonds is 4. The molecule has 1 unspecified atom stereocenters. The molecule has 4 nitrogen and oxygen atoms in total. The van der Waals surface area contributed by atoms with E-state index in [2.05, 4.69) is 4.98 Å². The van der Waals surface area contributed by atoms with Gasteiger partial charge in [-0.05, 0) is 37.1 Å². The molecule has 2 rings (SSSR count). The lowest BCUT2D eigenvalue weighted by molar-refractivity contribution is 0.399. The number of sulfonamides is 1. The zero-order valence-corrected chi connectivity index (χ0v) is 13.8. The van der Waals surface area contributed by atoms with Gasteiger partial charge in [0.15, 0.2) is 0 Å². The van der Waals surface area contributed by atoms with E-state index in [0.29, 0.717) is 4.34 Å². The third kappa shape index (κ3) is 2.88. The van der Waals surface area contributed by atoms with Crippen LogP contribution in [0.4, 0.5) is 0 Å². The minimum atomic E-state index is -3.55. The molecule has 0 N–H and O–H groups in total. The number of thiophene rings is 1. The molecule has 2 aromatic rings. The highest BCUT2D eigenvalue weighted by atomic mass is 35.5. The Labute approximate surface area is 128 Å². The number of aryl methyl sites for hydroxylation is 1. The quantitative estimate of drug-likeness (QED) is 0.862. The molecule has 0 aliphatic carbocycles. The van der Waals surface area contributed by atoms with Crippen molar-refractivity contribution in [3.63, 3.8) is 0 Å². The van der Waals surface area contributed by atoms with E-state index in [1.807, 2.05) is 13.0 Å². The maximum atomic E-state index is 12.6. The van der Waals surface area contributed by atoms with Gasteiger partial charge in [0.2, 0.25) is 0 Å². The van der Waals surface area contributed by atoms with Crippen molar-refractivity contribution in [2.24, 2.45) is 0 Å². The van der Waals surface area contributed by atoms with Gasteiger partial charge in [-0.25, -0.2) is 8.42 Å². The highest BCUT2D eigenvalue weighted by molar-refractivity contribution is 7.91. The predicted molar refractivity (Wildman–Crippen MR) is 81.7 cm³/mol. The van der Waals surface area contributed by atoms with Crippen LogP contribution < -0.4 is 0 Å². The highest BCUT2D eigenvalue weighted by Gasteiger charge is 2.28. The average Bonchev–Trinajstić information content (AvgIpc) is 2.78. The Hall–Kier alpha value is -0.950. The molecule has 0 saturated heterocycles. The number of halogens is 1. The fraction of sp³-hybridized carbons (Fsp3) is 0.308. The number of aromatic nitrogens is 1. The van der Waals surface area contributed by atoms with Crippen LogP contribution in [-0.2, 0) is 10.0 Å². The van der Waals surface area contributed by atoms with Crippen molar-refractivity contribution in [1.82, 2.24) is 9.29 Å². The van der Waals surface area contributed by atoms with Gasteiger partial charge < -0.3 is 0 Å². The Bertz CT molecular complexity index is 679. The third-order valence-corrected chi connectivity index (χ3v) is 7.11. The number of hydrogen-bond donors (Lipinski definition) is 0. The van der Waals surface area contributed by atoms with E-state index in [-0.39, 0.29) is 10.3 Å². The van der Waals surface area contributed by atoms with Gasteiger partial charge in [0.05, 0.1) is 4.34 Å². The molecule has 7 heteroatoms. The molecule has 0 radical (unpaired) electrons. The van der Waals surface area contributed by atoms with Gasteiger partial charge in [0.1, 0.15) is 4.21 Å². The van der Waals surface area contributed by atoms with Crippen LogP contribution in [0.2, 0.25) is 4.34 Å². The zero-order chi connectivity index (χ0) is 14.9. The Balaban J connectivity index is 2.34. The number of nitrogens with zero attached hydrogens (tertiary/aromatic N) is 2. The first kappa shape index (κ1) is 15.4. The van der Waals surface area contributed by atoms with E-state index in [1.165, 1.54) is 4.31 Å². The second kappa shape index (κ2) is 5.81. The van der Waals surface area contributed by atoms with Crippen LogP contribution in [-0.4, -0.2) is 24.8 Å². The summed E-state index contributed by atoms with van der Waals surface area (Å²) in [7, 11) is -1.98. The number of hydrogen-bond acceptors (Lipinski definition) is 4. The van der Waals surface area contributed by atoms with Gasteiger partial charge in [-0.2, -0.15) is 4.31 Å². The van der Waals surface area contributed by atoms with Gasteiger partial charge in [0.25, 0.3) is 10.0 Å². The molecule has 0 aromatic carbocycles. The first-order chi connectivity index (χ1) is 9.34. The maximum absolute atomic E-state index is 12.6. The largest absolute Gasteiger partial charge is 0.264 e. The van der Waals surface area contributed by atoms with E-state index in [1.54, 1.807) is 38.5 Å². The Morgan fingerprint density at radius 3 is 2.65 bits per heavy atom. The Morgan fingerprint density at radius 2 is 2.15 bits per heavy atom. The third-order valence-electron chi connectivity index (χ3n) is 3.18. The van der Waals surface area contributed by atoms with Crippen LogP contribution in [0.3, 0.4) is 0 Å². The standard InChI is InChI=1S/C13H15ClN2O2S2/c1-9-7-12(19-13(9)14)20(17,18)16(3)10(2)11-5-4-6-15-8-11/h4-8,10H,1-3H3. The van der Waals surface area contributed by atoms with E-state index in [0.717, 1.165) is 22.5 Å². The fourth-order valence-electron chi connectivity index (χ4n) is 1.74. The van der Waals surface area contributed by atoms with Crippen molar-refractivity contribution in [2.45, 2.75) is 24.1 Å². The zero-order valence-electron chi connectivity index (χ0n) is 11.4. The monoisotopic (exact) mass is 330 g/mol. The summed E-state index contributed by atoms with van der Waals surface area (Å²) in [5, 5.41) is 0. The van der Waals surface area contributed by atoms with Crippen molar-refractivity contribution in [1.29, 1.82) is 0 Å². The van der Waals surface area contributed by atoms with Crippen LogP contribution in [0, 0.1) is 6.92 Å². The second-order valence-electron chi connectivity index (χ2n) is 4.51. The lowest BCUT2D eigenvalue weighted by Gasteiger charge is -2.23. The summed E-state index contributed by atoms with van der Waals surface area (Å²) in [6.45, 7) is 3.62. The van der Waals surface area contributed by atoms with Crippen LogP contribution in [0.1, 0.15) is 24.1 Å². The van der Waals surface area contributed by atoms with E-state index < -0.39 is 10.0 Å². The minimum Gasteiger partial charge on any atom is -0.264 e.